The van der Waals surface area contributed by atoms with E-state index in [9.17, 15) is 13.2 Å². The van der Waals surface area contributed by atoms with Gasteiger partial charge in [-0.05, 0) is 44.9 Å². The van der Waals surface area contributed by atoms with Gasteiger partial charge in [0.1, 0.15) is 5.82 Å². The summed E-state index contributed by atoms with van der Waals surface area (Å²) in [6.07, 6.45) is -1.000. The van der Waals surface area contributed by atoms with E-state index in [0.717, 1.165) is 38.1 Å². The average molecular weight is 287 g/mol. The summed E-state index contributed by atoms with van der Waals surface area (Å²) < 4.78 is 38.2. The Balaban J connectivity index is 2.15. The van der Waals surface area contributed by atoms with Crippen molar-refractivity contribution in [2.75, 3.05) is 25.0 Å². The van der Waals surface area contributed by atoms with Gasteiger partial charge < -0.3 is 10.2 Å². The summed E-state index contributed by atoms with van der Waals surface area (Å²) >= 11 is 0. The molecule has 0 bridgehead atoms. The number of hydrogen-bond acceptors (Lipinski definition) is 3. The Morgan fingerprint density at radius 1 is 1.45 bits per heavy atom. The number of aromatic nitrogens is 1. The van der Waals surface area contributed by atoms with Gasteiger partial charge in [0.2, 0.25) is 0 Å². The molecule has 2 rings (SSSR count). The van der Waals surface area contributed by atoms with Crippen LogP contribution in [0.15, 0.2) is 18.3 Å². The smallest absolute Gasteiger partial charge is 0.356 e. The van der Waals surface area contributed by atoms with Crippen molar-refractivity contribution in [3.05, 3.63) is 23.9 Å². The molecule has 0 aromatic carbocycles. The molecule has 1 aliphatic heterocycles. The third kappa shape index (κ3) is 3.42. The van der Waals surface area contributed by atoms with E-state index < -0.39 is 11.7 Å². The lowest BCUT2D eigenvalue weighted by Crippen LogP contribution is -2.43. The quantitative estimate of drug-likeness (QED) is 0.926. The number of nitrogens with zero attached hydrogens (tertiary/aromatic N) is 2. The van der Waals surface area contributed by atoms with Crippen molar-refractivity contribution in [3.63, 3.8) is 0 Å². The molecule has 2 unspecified atom stereocenters. The van der Waals surface area contributed by atoms with Gasteiger partial charge >= 0.3 is 6.18 Å². The minimum absolute atomic E-state index is 0.351. The summed E-state index contributed by atoms with van der Waals surface area (Å²) in [6, 6.07) is 2.51. The van der Waals surface area contributed by atoms with Gasteiger partial charge in [-0.1, -0.05) is 0 Å². The van der Waals surface area contributed by atoms with Crippen LogP contribution in [0, 0.1) is 5.92 Å². The van der Waals surface area contributed by atoms with Crippen LogP contribution in [0.3, 0.4) is 0 Å². The maximum atomic E-state index is 12.7. The molecule has 6 heteroatoms. The molecule has 20 heavy (non-hydrogen) atoms. The first-order valence-corrected chi connectivity index (χ1v) is 6.87. The maximum Gasteiger partial charge on any atom is 0.416 e. The molecular weight excluding hydrogens is 267 g/mol. The van der Waals surface area contributed by atoms with Crippen LogP contribution in [0.2, 0.25) is 0 Å². The second kappa shape index (κ2) is 5.99. The molecule has 0 amide bonds. The van der Waals surface area contributed by atoms with Crippen LogP contribution in [-0.2, 0) is 6.18 Å². The summed E-state index contributed by atoms with van der Waals surface area (Å²) in [5, 5.41) is 3.22. The lowest BCUT2D eigenvalue weighted by molar-refractivity contribution is -0.137. The predicted octanol–water partition coefficient (Wildman–Crippen LogP) is 2.92. The fourth-order valence-corrected chi connectivity index (χ4v) is 2.63. The Bertz CT molecular complexity index is 448. The van der Waals surface area contributed by atoms with Crippen LogP contribution >= 0.6 is 0 Å². The SMILES string of the molecule is CNC(C)C1CCCN(c2cc(C(F)(F)F)ccn2)C1. The number of hydrogen-bond donors (Lipinski definition) is 1. The number of halogens is 3. The van der Waals surface area contributed by atoms with Crippen molar-refractivity contribution >= 4 is 5.82 Å². The average Bonchev–Trinajstić information content (AvgIpc) is 2.46. The number of pyridine rings is 1. The topological polar surface area (TPSA) is 28.2 Å². The van der Waals surface area contributed by atoms with Crippen LogP contribution < -0.4 is 10.2 Å². The van der Waals surface area contributed by atoms with Gasteiger partial charge in [0, 0.05) is 25.3 Å². The van der Waals surface area contributed by atoms with E-state index in [4.69, 9.17) is 0 Å². The van der Waals surface area contributed by atoms with E-state index in [1.807, 2.05) is 11.9 Å². The van der Waals surface area contributed by atoms with Gasteiger partial charge in [0.25, 0.3) is 0 Å². The highest BCUT2D eigenvalue weighted by atomic mass is 19.4. The van der Waals surface area contributed by atoms with E-state index in [1.165, 1.54) is 6.20 Å². The lowest BCUT2D eigenvalue weighted by atomic mass is 9.91. The molecule has 1 N–H and O–H groups in total. The van der Waals surface area contributed by atoms with Gasteiger partial charge in [0.05, 0.1) is 5.56 Å². The molecule has 1 fully saturated rings. The first-order chi connectivity index (χ1) is 9.41. The minimum atomic E-state index is -4.31. The van der Waals surface area contributed by atoms with Crippen molar-refractivity contribution in [2.45, 2.75) is 32.0 Å². The second-order valence-electron chi connectivity index (χ2n) is 5.33. The molecule has 1 aromatic heterocycles. The monoisotopic (exact) mass is 287 g/mol. The number of anilines is 1. The normalized spacial score (nSPS) is 21.9. The van der Waals surface area contributed by atoms with Crippen molar-refractivity contribution < 1.29 is 13.2 Å². The Morgan fingerprint density at radius 2 is 2.20 bits per heavy atom. The number of nitrogens with one attached hydrogen (secondary N) is 1. The highest BCUT2D eigenvalue weighted by Gasteiger charge is 2.32. The predicted molar refractivity (Wildman–Crippen MR) is 72.7 cm³/mol. The highest BCUT2D eigenvalue weighted by Crippen LogP contribution is 2.32. The van der Waals surface area contributed by atoms with E-state index in [2.05, 4.69) is 17.2 Å². The van der Waals surface area contributed by atoms with Crippen LogP contribution in [0.4, 0.5) is 19.0 Å². The molecule has 2 heterocycles. The van der Waals surface area contributed by atoms with Gasteiger partial charge in [0.15, 0.2) is 0 Å². The first-order valence-electron chi connectivity index (χ1n) is 6.87. The second-order valence-corrected chi connectivity index (χ2v) is 5.33. The fourth-order valence-electron chi connectivity index (χ4n) is 2.63. The largest absolute Gasteiger partial charge is 0.416 e. The highest BCUT2D eigenvalue weighted by molar-refractivity contribution is 5.42. The maximum absolute atomic E-state index is 12.7. The summed E-state index contributed by atoms with van der Waals surface area (Å²) in [5.41, 5.74) is -0.633. The zero-order chi connectivity index (χ0) is 14.8. The van der Waals surface area contributed by atoms with Gasteiger partial charge in [-0.3, -0.25) is 0 Å². The van der Waals surface area contributed by atoms with Crippen LogP contribution in [-0.4, -0.2) is 31.2 Å². The summed E-state index contributed by atoms with van der Waals surface area (Å²) in [4.78, 5) is 6.06. The van der Waals surface area contributed by atoms with Crippen molar-refractivity contribution in [2.24, 2.45) is 5.92 Å². The molecule has 112 valence electrons. The minimum Gasteiger partial charge on any atom is -0.356 e. The molecular formula is C14H20F3N3. The van der Waals surface area contributed by atoms with E-state index >= 15 is 0 Å². The molecule has 1 aliphatic rings. The van der Waals surface area contributed by atoms with Crippen LogP contribution in [0.1, 0.15) is 25.3 Å². The third-order valence-electron chi connectivity index (χ3n) is 4.02. The van der Waals surface area contributed by atoms with Gasteiger partial charge in [-0.25, -0.2) is 4.98 Å². The molecule has 3 nitrogen and oxygen atoms in total. The van der Waals surface area contributed by atoms with Crippen molar-refractivity contribution in [1.82, 2.24) is 10.3 Å². The number of rotatable bonds is 3. The molecule has 2 atom stereocenters. The number of piperidine rings is 1. The standard InChI is InChI=1S/C14H20F3N3/c1-10(18-2)11-4-3-7-20(9-11)13-8-12(5-6-19-13)14(15,16)17/h5-6,8,10-11,18H,3-4,7,9H2,1-2H3. The first kappa shape index (κ1) is 15.1. The van der Waals surface area contributed by atoms with Crippen LogP contribution in [0.25, 0.3) is 0 Å². The summed E-state index contributed by atoms with van der Waals surface area (Å²) in [6.45, 7) is 3.62. The van der Waals surface area contributed by atoms with E-state index in [1.54, 1.807) is 0 Å². The molecule has 0 saturated carbocycles. The molecule has 0 radical (unpaired) electrons. The fraction of sp³-hybridized carbons (Fsp3) is 0.643. The van der Waals surface area contributed by atoms with Gasteiger partial charge in [-0.2, -0.15) is 13.2 Å². The van der Waals surface area contributed by atoms with Crippen molar-refractivity contribution in [1.29, 1.82) is 0 Å². The van der Waals surface area contributed by atoms with E-state index in [-0.39, 0.29) is 0 Å². The molecule has 0 spiro atoms. The Morgan fingerprint density at radius 3 is 2.85 bits per heavy atom. The van der Waals surface area contributed by atoms with Crippen LogP contribution in [0.5, 0.6) is 0 Å². The molecule has 0 aliphatic carbocycles. The molecule has 1 saturated heterocycles. The summed E-state index contributed by atoms with van der Waals surface area (Å²) in [5.74, 6) is 0.859. The zero-order valence-corrected chi connectivity index (χ0v) is 11.7. The Labute approximate surface area is 117 Å². The Kier molecular flexibility index (Phi) is 4.52. The lowest BCUT2D eigenvalue weighted by Gasteiger charge is -2.36. The summed E-state index contributed by atoms with van der Waals surface area (Å²) in [7, 11) is 1.91. The third-order valence-corrected chi connectivity index (χ3v) is 4.02. The van der Waals surface area contributed by atoms with Gasteiger partial charge in [-0.15, -0.1) is 0 Å². The Hall–Kier alpha value is -1.30. The molecule has 1 aromatic rings. The zero-order valence-electron chi connectivity index (χ0n) is 11.7. The van der Waals surface area contributed by atoms with E-state index in [0.29, 0.717) is 17.8 Å². The van der Waals surface area contributed by atoms with Crippen molar-refractivity contribution in [3.8, 4) is 0 Å². The number of alkyl halides is 3.